The van der Waals surface area contributed by atoms with Crippen molar-refractivity contribution in [1.82, 2.24) is 0 Å². The van der Waals surface area contributed by atoms with Crippen molar-refractivity contribution in [2.45, 2.75) is 26.7 Å². The zero-order valence-corrected chi connectivity index (χ0v) is 9.71. The lowest BCUT2D eigenvalue weighted by Crippen LogP contribution is -1.99. The van der Waals surface area contributed by atoms with E-state index in [1.807, 2.05) is 19.9 Å². The molecule has 2 aliphatic carbocycles. The Bertz CT molecular complexity index is 349. The molecule has 2 aliphatic rings. The van der Waals surface area contributed by atoms with Crippen LogP contribution in [-0.2, 0) is 4.79 Å². The number of fused-ring (bicyclic) bond motifs is 2. The molecule has 2 nitrogen and oxygen atoms in total. The quantitative estimate of drug-likeness (QED) is 0.783. The molecular weight excluding hydrogens is 212 g/mol. The van der Waals surface area contributed by atoms with Crippen LogP contribution in [0.25, 0.3) is 0 Å². The highest BCUT2D eigenvalue weighted by molar-refractivity contribution is 6.32. The molecule has 0 unspecified atom stereocenters. The number of aliphatic carboxylic acids is 1. The predicted molar refractivity (Wildman–Crippen MR) is 61.8 cm³/mol. The highest BCUT2D eigenvalue weighted by Gasteiger charge is 2.14. The van der Waals surface area contributed by atoms with E-state index in [4.69, 9.17) is 16.7 Å². The van der Waals surface area contributed by atoms with Gasteiger partial charge in [0.25, 0.3) is 0 Å². The summed E-state index contributed by atoms with van der Waals surface area (Å²) in [6, 6.07) is 0. The molecule has 82 valence electrons. The van der Waals surface area contributed by atoms with Crippen LogP contribution >= 0.6 is 11.6 Å². The Balaban J connectivity index is 0.000000153. The molecule has 0 heterocycles. The topological polar surface area (TPSA) is 37.3 Å². The molecule has 0 saturated heterocycles. The Labute approximate surface area is 94.9 Å². The van der Waals surface area contributed by atoms with Crippen molar-refractivity contribution in [3.63, 3.8) is 0 Å². The van der Waals surface area contributed by atoms with Gasteiger partial charge < -0.3 is 5.11 Å². The number of carboxylic acids is 1. The minimum absolute atomic E-state index is 0.275. The fourth-order valence-electron chi connectivity index (χ4n) is 1.41. The summed E-state index contributed by atoms with van der Waals surface area (Å²) in [5.41, 5.74) is 2.63. The van der Waals surface area contributed by atoms with Gasteiger partial charge in [-0.3, -0.25) is 4.79 Å². The first-order valence-corrected chi connectivity index (χ1v) is 5.36. The van der Waals surface area contributed by atoms with Gasteiger partial charge in [0.2, 0.25) is 0 Å². The summed E-state index contributed by atoms with van der Waals surface area (Å²) in [6.07, 6.45) is 7.56. The lowest BCUT2D eigenvalue weighted by atomic mass is 10.1. The van der Waals surface area contributed by atoms with Gasteiger partial charge in [0.05, 0.1) is 0 Å². The van der Waals surface area contributed by atoms with Gasteiger partial charge in [-0.25, -0.2) is 0 Å². The molecule has 2 rings (SSSR count). The molecule has 2 bridgehead atoms. The van der Waals surface area contributed by atoms with Gasteiger partial charge in [-0.1, -0.05) is 37.6 Å². The van der Waals surface area contributed by atoms with E-state index in [1.54, 1.807) is 0 Å². The second-order valence-corrected chi connectivity index (χ2v) is 4.50. The lowest BCUT2D eigenvalue weighted by molar-refractivity contribution is -0.137. The Morgan fingerprint density at radius 3 is 2.33 bits per heavy atom. The number of carbonyl (C=O) groups is 1. The molecule has 3 heteroatoms. The average molecular weight is 227 g/mol. The fourth-order valence-corrected chi connectivity index (χ4v) is 1.68. The molecule has 0 spiro atoms. The fraction of sp³-hybridized carbons (Fsp3) is 0.417. The molecule has 0 atom stereocenters. The molecule has 1 N–H and O–H groups in total. The maximum atomic E-state index is 9.81. The van der Waals surface area contributed by atoms with Crippen molar-refractivity contribution in [2.75, 3.05) is 0 Å². The van der Waals surface area contributed by atoms with E-state index < -0.39 is 5.97 Å². The van der Waals surface area contributed by atoms with Gasteiger partial charge in [0.15, 0.2) is 0 Å². The zero-order chi connectivity index (χ0) is 11.4. The Morgan fingerprint density at radius 2 is 2.20 bits per heavy atom. The SMILES string of the molecule is CC(C)CC(=O)O.ClC1=C2C=CC(=C1)C2. The van der Waals surface area contributed by atoms with Crippen molar-refractivity contribution in [2.24, 2.45) is 5.92 Å². The van der Waals surface area contributed by atoms with E-state index in [0.29, 0.717) is 0 Å². The molecule has 0 fully saturated rings. The Kier molecular flexibility index (Phi) is 4.15. The number of hydrogen-bond donors (Lipinski definition) is 1. The minimum atomic E-state index is -0.713. The summed E-state index contributed by atoms with van der Waals surface area (Å²) in [5.74, 6) is -0.438. The van der Waals surface area contributed by atoms with Crippen molar-refractivity contribution in [3.05, 3.63) is 34.4 Å². The van der Waals surface area contributed by atoms with Crippen LogP contribution in [0.3, 0.4) is 0 Å². The highest BCUT2D eigenvalue weighted by atomic mass is 35.5. The lowest BCUT2D eigenvalue weighted by Gasteiger charge is -1.94. The normalized spacial score (nSPS) is 16.7. The first kappa shape index (κ1) is 12.1. The molecule has 0 saturated carbocycles. The van der Waals surface area contributed by atoms with E-state index in [9.17, 15) is 4.79 Å². The van der Waals surface area contributed by atoms with Crippen LogP contribution in [-0.4, -0.2) is 11.1 Å². The zero-order valence-electron chi connectivity index (χ0n) is 8.96. The third-order valence-corrected chi connectivity index (χ3v) is 2.45. The van der Waals surface area contributed by atoms with E-state index in [-0.39, 0.29) is 12.3 Å². The number of hydrogen-bond acceptors (Lipinski definition) is 1. The predicted octanol–water partition coefficient (Wildman–Crippen LogP) is 3.50. The summed E-state index contributed by atoms with van der Waals surface area (Å²) in [7, 11) is 0. The largest absolute Gasteiger partial charge is 0.481 e. The van der Waals surface area contributed by atoms with Gasteiger partial charge in [0, 0.05) is 11.5 Å². The van der Waals surface area contributed by atoms with Crippen molar-refractivity contribution in [1.29, 1.82) is 0 Å². The molecular formula is C12H15ClO2. The molecule has 0 aliphatic heterocycles. The summed E-state index contributed by atoms with van der Waals surface area (Å²) in [5, 5.41) is 9.02. The summed E-state index contributed by atoms with van der Waals surface area (Å²) >= 11 is 5.76. The van der Waals surface area contributed by atoms with E-state index in [1.165, 1.54) is 11.1 Å². The monoisotopic (exact) mass is 226 g/mol. The van der Waals surface area contributed by atoms with Crippen LogP contribution in [0.2, 0.25) is 0 Å². The van der Waals surface area contributed by atoms with Crippen LogP contribution in [0.15, 0.2) is 34.4 Å². The molecule has 0 aromatic carbocycles. The van der Waals surface area contributed by atoms with Crippen LogP contribution < -0.4 is 0 Å². The molecule has 0 aromatic rings. The molecule has 0 aromatic heterocycles. The van der Waals surface area contributed by atoms with E-state index in [0.717, 1.165) is 11.5 Å². The smallest absolute Gasteiger partial charge is 0.303 e. The van der Waals surface area contributed by atoms with E-state index in [2.05, 4.69) is 12.2 Å². The van der Waals surface area contributed by atoms with Crippen LogP contribution in [0, 0.1) is 5.92 Å². The first-order chi connectivity index (χ1) is 6.99. The maximum absolute atomic E-state index is 9.81. The first-order valence-electron chi connectivity index (χ1n) is 4.98. The second kappa shape index (κ2) is 5.17. The second-order valence-electron chi connectivity index (χ2n) is 4.09. The maximum Gasteiger partial charge on any atom is 0.303 e. The number of allylic oxidation sites excluding steroid dienone is 6. The summed E-state index contributed by atoms with van der Waals surface area (Å²) < 4.78 is 0. The van der Waals surface area contributed by atoms with Gasteiger partial charge in [0.1, 0.15) is 0 Å². The number of halogens is 1. The Hall–Kier alpha value is -1.02. The van der Waals surface area contributed by atoms with Crippen LogP contribution in [0.1, 0.15) is 26.7 Å². The Morgan fingerprint density at radius 1 is 1.53 bits per heavy atom. The highest BCUT2D eigenvalue weighted by Crippen LogP contribution is 2.34. The van der Waals surface area contributed by atoms with E-state index >= 15 is 0 Å². The minimum Gasteiger partial charge on any atom is -0.481 e. The van der Waals surface area contributed by atoms with Gasteiger partial charge >= 0.3 is 5.97 Å². The van der Waals surface area contributed by atoms with Crippen molar-refractivity contribution in [3.8, 4) is 0 Å². The number of carboxylic acid groups (broad SMARTS) is 1. The number of rotatable bonds is 2. The molecule has 0 amide bonds. The third-order valence-electron chi connectivity index (χ3n) is 2.09. The standard InChI is InChI=1S/C7H5Cl.C5H10O2/c8-7-4-5-1-2-6(7)3-5;1-4(2)3-5(6)7/h1-2,4H,3H2;4H,3H2,1-2H3,(H,6,7). The van der Waals surface area contributed by atoms with Crippen molar-refractivity contribution < 1.29 is 9.90 Å². The van der Waals surface area contributed by atoms with Gasteiger partial charge in [-0.05, 0) is 29.6 Å². The van der Waals surface area contributed by atoms with Gasteiger partial charge in [-0.2, -0.15) is 0 Å². The van der Waals surface area contributed by atoms with Crippen LogP contribution in [0.4, 0.5) is 0 Å². The third kappa shape index (κ3) is 3.92. The van der Waals surface area contributed by atoms with Crippen LogP contribution in [0.5, 0.6) is 0 Å². The van der Waals surface area contributed by atoms with Gasteiger partial charge in [-0.15, -0.1) is 0 Å². The molecule has 15 heavy (non-hydrogen) atoms. The summed E-state index contributed by atoms with van der Waals surface area (Å²) in [4.78, 5) is 9.81. The average Bonchev–Trinajstić information content (AvgIpc) is 2.62. The summed E-state index contributed by atoms with van der Waals surface area (Å²) in [6.45, 7) is 3.77. The molecule has 0 radical (unpaired) electrons. The van der Waals surface area contributed by atoms with Crippen molar-refractivity contribution >= 4 is 17.6 Å².